The number of fused-ring (bicyclic) bond motifs is 7. The Morgan fingerprint density at radius 2 is 1.53 bits per heavy atom. The number of hydrogen-bond acceptors (Lipinski definition) is 4. The molecule has 180 valence electrons. The van der Waals surface area contributed by atoms with Crippen molar-refractivity contribution < 1.29 is 35.9 Å². The minimum atomic E-state index is 0. The maximum atomic E-state index is 5.90. The summed E-state index contributed by atoms with van der Waals surface area (Å²) in [6.07, 6.45) is 13.5. The number of ether oxygens (including phenoxy) is 4. The van der Waals surface area contributed by atoms with Crippen LogP contribution in [0.2, 0.25) is 0 Å². The van der Waals surface area contributed by atoms with E-state index in [2.05, 4.69) is 42.0 Å². The normalized spacial score (nSPS) is 14.6. The molecule has 3 aliphatic heterocycles. The molecule has 0 spiro atoms. The van der Waals surface area contributed by atoms with E-state index in [1.54, 1.807) is 0 Å². The molecule has 1 aromatic heterocycles. The molecule has 3 aliphatic rings. The maximum absolute atomic E-state index is 5.90. The first-order valence-corrected chi connectivity index (χ1v) is 12.5. The fraction of sp³-hybridized carbons (Fsp3) is 0.464. The summed E-state index contributed by atoms with van der Waals surface area (Å²) in [7, 11) is 0. The van der Waals surface area contributed by atoms with Gasteiger partial charge >= 0.3 is 0 Å². The molecular weight excluding hydrogens is 450 g/mol. The summed E-state index contributed by atoms with van der Waals surface area (Å²) in [5.74, 6) is 3.47. The summed E-state index contributed by atoms with van der Waals surface area (Å²) in [5.41, 5.74) is 5.37. The summed E-state index contributed by atoms with van der Waals surface area (Å²) >= 11 is 0. The van der Waals surface area contributed by atoms with Crippen LogP contribution in [0.25, 0.3) is 22.0 Å². The molecule has 6 heteroatoms. The van der Waals surface area contributed by atoms with Gasteiger partial charge < -0.3 is 31.4 Å². The largest absolute Gasteiger partial charge is 1.00 e. The molecule has 0 saturated carbocycles. The van der Waals surface area contributed by atoms with Crippen LogP contribution >= 0.6 is 0 Å². The van der Waals surface area contributed by atoms with E-state index in [4.69, 9.17) is 18.9 Å². The van der Waals surface area contributed by atoms with Crippen LogP contribution < -0.4 is 35.9 Å². The fourth-order valence-electron chi connectivity index (χ4n) is 5.56. The second-order valence-corrected chi connectivity index (χ2v) is 9.39. The third kappa shape index (κ3) is 4.04. The number of rotatable bonds is 8. The predicted molar refractivity (Wildman–Crippen MR) is 127 cm³/mol. The third-order valence-electron chi connectivity index (χ3n) is 7.27. The molecule has 0 aliphatic carbocycles. The van der Waals surface area contributed by atoms with E-state index in [0.29, 0.717) is 13.6 Å². The highest BCUT2D eigenvalue weighted by atomic mass is 35.5. The van der Waals surface area contributed by atoms with Gasteiger partial charge in [0.1, 0.15) is 0 Å². The quantitative estimate of drug-likeness (QED) is 0.366. The molecule has 6 rings (SSSR count). The van der Waals surface area contributed by atoms with E-state index in [9.17, 15) is 0 Å². The number of aromatic nitrogens is 1. The first kappa shape index (κ1) is 23.1. The van der Waals surface area contributed by atoms with E-state index in [-0.39, 0.29) is 12.4 Å². The van der Waals surface area contributed by atoms with Crippen LogP contribution in [-0.4, -0.2) is 13.6 Å². The van der Waals surface area contributed by atoms with Gasteiger partial charge in [-0.3, -0.25) is 0 Å². The average molecular weight is 482 g/mol. The van der Waals surface area contributed by atoms with E-state index < -0.39 is 0 Å². The van der Waals surface area contributed by atoms with Crippen molar-refractivity contribution in [3.63, 3.8) is 0 Å². The van der Waals surface area contributed by atoms with Gasteiger partial charge in [0.05, 0.1) is 10.9 Å². The number of aryl methyl sites for hydroxylation is 3. The second kappa shape index (κ2) is 9.91. The van der Waals surface area contributed by atoms with Crippen LogP contribution in [0.1, 0.15) is 63.0 Å². The minimum Gasteiger partial charge on any atom is -1.00 e. The molecule has 0 saturated heterocycles. The Kier molecular flexibility index (Phi) is 6.73. The molecule has 0 fully saturated rings. The zero-order valence-electron chi connectivity index (χ0n) is 19.8. The van der Waals surface area contributed by atoms with Crippen LogP contribution in [-0.2, 0) is 19.4 Å². The monoisotopic (exact) mass is 481 g/mol. The van der Waals surface area contributed by atoms with Gasteiger partial charge in [-0.15, -0.1) is 0 Å². The van der Waals surface area contributed by atoms with Gasteiger partial charge in [0.15, 0.2) is 35.7 Å². The van der Waals surface area contributed by atoms with Crippen molar-refractivity contribution in [3.05, 3.63) is 41.6 Å². The molecule has 2 aromatic carbocycles. The SMILES string of the molecule is CCCCCCCCCc1c2[n+](cc3c4c(ccc13)OCO4)CCc1cc3c(cc1-2)OCO3.[Cl-]. The standard InChI is InChI=1S/C28H32NO4.ClH/c1-2-3-4-5-6-7-8-9-21-20-10-11-24-28(33-18-30-24)23(20)16-29-13-12-19-14-25-26(32-17-31-25)15-22(19)27(21)29;/h10-11,14-16H,2-9,12-13,17-18H2,1H3;1H/q+1;/p-1. The first-order valence-electron chi connectivity index (χ1n) is 12.5. The Labute approximate surface area is 207 Å². The van der Waals surface area contributed by atoms with Gasteiger partial charge in [-0.1, -0.05) is 45.4 Å². The Morgan fingerprint density at radius 1 is 0.794 bits per heavy atom. The lowest BCUT2D eigenvalue weighted by Crippen LogP contribution is -3.00. The van der Waals surface area contributed by atoms with E-state index in [1.165, 1.54) is 72.7 Å². The molecule has 0 bridgehead atoms. The number of hydrogen-bond donors (Lipinski definition) is 0. The van der Waals surface area contributed by atoms with Crippen LogP contribution in [0, 0.1) is 0 Å². The van der Waals surface area contributed by atoms with Gasteiger partial charge in [-0.05, 0) is 42.7 Å². The molecule has 0 radical (unpaired) electrons. The van der Waals surface area contributed by atoms with Crippen molar-refractivity contribution in [2.45, 2.75) is 71.3 Å². The zero-order chi connectivity index (χ0) is 22.2. The molecule has 0 atom stereocenters. The van der Waals surface area contributed by atoms with Crippen molar-refractivity contribution in [2.24, 2.45) is 0 Å². The number of benzene rings is 2. The summed E-state index contributed by atoms with van der Waals surface area (Å²) in [5, 5.41) is 2.44. The Bertz CT molecular complexity index is 1210. The highest BCUT2D eigenvalue weighted by Gasteiger charge is 2.32. The number of unbranched alkanes of at least 4 members (excludes halogenated alkanes) is 6. The lowest BCUT2D eigenvalue weighted by Gasteiger charge is -2.20. The third-order valence-corrected chi connectivity index (χ3v) is 7.27. The summed E-state index contributed by atoms with van der Waals surface area (Å²) in [4.78, 5) is 0. The molecular formula is C28H32ClNO4. The average Bonchev–Trinajstić information content (AvgIpc) is 3.50. The van der Waals surface area contributed by atoms with Crippen LogP contribution in [0.15, 0.2) is 30.5 Å². The molecule has 34 heavy (non-hydrogen) atoms. The molecule has 5 nitrogen and oxygen atoms in total. The first-order chi connectivity index (χ1) is 16.3. The minimum absolute atomic E-state index is 0. The molecule has 3 aromatic rings. The van der Waals surface area contributed by atoms with Gasteiger partial charge in [0, 0.05) is 17.4 Å². The molecule has 0 amide bonds. The lowest BCUT2D eigenvalue weighted by atomic mass is 9.89. The summed E-state index contributed by atoms with van der Waals surface area (Å²) in [6, 6.07) is 8.67. The number of nitrogens with zero attached hydrogens (tertiary/aromatic N) is 1. The summed E-state index contributed by atoms with van der Waals surface area (Å²) in [6.45, 7) is 3.84. The van der Waals surface area contributed by atoms with E-state index in [1.807, 2.05) is 0 Å². The van der Waals surface area contributed by atoms with E-state index in [0.717, 1.165) is 47.8 Å². The van der Waals surface area contributed by atoms with Gasteiger partial charge in [-0.2, -0.15) is 4.57 Å². The highest BCUT2D eigenvalue weighted by molar-refractivity contribution is 5.95. The molecule has 0 N–H and O–H groups in total. The van der Waals surface area contributed by atoms with E-state index >= 15 is 0 Å². The Morgan fingerprint density at radius 3 is 2.38 bits per heavy atom. The van der Waals surface area contributed by atoms with Crippen molar-refractivity contribution in [1.29, 1.82) is 0 Å². The zero-order valence-corrected chi connectivity index (χ0v) is 20.6. The topological polar surface area (TPSA) is 40.8 Å². The van der Waals surface area contributed by atoms with Gasteiger partial charge in [-0.25, -0.2) is 0 Å². The van der Waals surface area contributed by atoms with Gasteiger partial charge in [0.2, 0.25) is 19.3 Å². The van der Waals surface area contributed by atoms with Crippen molar-refractivity contribution in [1.82, 2.24) is 0 Å². The van der Waals surface area contributed by atoms with Crippen LogP contribution in [0.3, 0.4) is 0 Å². The second-order valence-electron chi connectivity index (χ2n) is 9.39. The van der Waals surface area contributed by atoms with Crippen molar-refractivity contribution in [2.75, 3.05) is 13.6 Å². The lowest BCUT2D eigenvalue weighted by molar-refractivity contribution is -0.686. The predicted octanol–water partition coefficient (Wildman–Crippen LogP) is 3.10. The summed E-state index contributed by atoms with van der Waals surface area (Å²) < 4.78 is 25.4. The Hall–Kier alpha value is -2.66. The van der Waals surface area contributed by atoms with Crippen LogP contribution in [0.4, 0.5) is 0 Å². The van der Waals surface area contributed by atoms with Crippen molar-refractivity contribution in [3.8, 4) is 34.3 Å². The molecule has 0 unspecified atom stereocenters. The number of halogens is 1. The van der Waals surface area contributed by atoms with Crippen molar-refractivity contribution >= 4 is 10.8 Å². The van der Waals surface area contributed by atoms with Gasteiger partial charge in [0.25, 0.3) is 0 Å². The molecule has 4 heterocycles. The number of pyridine rings is 1. The smallest absolute Gasteiger partial charge is 0.231 e. The highest BCUT2D eigenvalue weighted by Crippen LogP contribution is 2.45. The Balaban J connectivity index is 0.00000241. The van der Waals surface area contributed by atoms with Crippen LogP contribution in [0.5, 0.6) is 23.0 Å². The fourth-order valence-corrected chi connectivity index (χ4v) is 5.56. The maximum Gasteiger partial charge on any atom is 0.231 e.